The van der Waals surface area contributed by atoms with E-state index >= 15 is 0 Å². The monoisotopic (exact) mass is 342 g/mol. The van der Waals surface area contributed by atoms with E-state index in [1.807, 2.05) is 30.3 Å². The molecule has 0 atom stereocenters. The van der Waals surface area contributed by atoms with Crippen molar-refractivity contribution >= 4 is 11.6 Å². The molecule has 5 heteroatoms. The first kappa shape index (κ1) is 16.1. The molecule has 0 aliphatic carbocycles. The third-order valence-corrected chi connectivity index (χ3v) is 3.86. The van der Waals surface area contributed by atoms with Crippen LogP contribution >= 0.6 is 11.6 Å². The van der Waals surface area contributed by atoms with Gasteiger partial charge in [-0.3, -0.25) is 4.79 Å². The second-order valence-corrected chi connectivity index (χ2v) is 5.74. The van der Waals surface area contributed by atoms with Crippen molar-refractivity contribution in [1.29, 1.82) is 0 Å². The number of hydrogen-bond acceptors (Lipinski definition) is 4. The summed E-state index contributed by atoms with van der Waals surface area (Å²) in [5.74, 6) is -0.429. The summed E-state index contributed by atoms with van der Waals surface area (Å²) in [4.78, 5) is 12.5. The minimum atomic E-state index is -0.536. The Morgan fingerprint density at radius 2 is 1.75 bits per heavy atom. The first-order valence-corrected chi connectivity index (χ1v) is 7.73. The molecule has 0 radical (unpaired) electrons. The molecule has 0 bridgehead atoms. The Bertz CT molecular complexity index is 899. The molecule has 0 aliphatic heterocycles. The van der Waals surface area contributed by atoms with Gasteiger partial charge < -0.3 is 14.3 Å². The Hall–Kier alpha value is -2.72. The summed E-state index contributed by atoms with van der Waals surface area (Å²) in [5.41, 5.74) is 1.49. The second-order valence-electron chi connectivity index (χ2n) is 5.30. The predicted molar refractivity (Wildman–Crippen MR) is 92.6 cm³/mol. The minimum Gasteiger partial charge on any atom is -0.479 e. The lowest BCUT2D eigenvalue weighted by molar-refractivity contribution is 0.245. The zero-order chi connectivity index (χ0) is 17.1. The fraction of sp³-hybridized carbons (Fsp3) is 0.105. The van der Waals surface area contributed by atoms with Crippen LogP contribution < -0.4 is 10.2 Å². The molecule has 0 spiro atoms. The second kappa shape index (κ2) is 6.81. The van der Waals surface area contributed by atoms with Crippen molar-refractivity contribution in [2.45, 2.75) is 13.5 Å². The standard InChI is InChI=1S/C19H15ClO4/c1-12-16(21)18(23-11-13-5-3-2-4-6-13)19(22)24-17(12)14-7-9-15(20)10-8-14/h2-10,22H,11H2,1H3. The molecule has 122 valence electrons. The van der Waals surface area contributed by atoms with Crippen LogP contribution in [0, 0.1) is 6.92 Å². The Balaban J connectivity index is 1.94. The molecule has 3 rings (SSSR count). The molecule has 1 aromatic heterocycles. The first-order valence-electron chi connectivity index (χ1n) is 7.35. The molecule has 0 aliphatic rings. The summed E-state index contributed by atoms with van der Waals surface area (Å²) in [6, 6.07) is 16.2. The van der Waals surface area contributed by atoms with E-state index in [1.54, 1.807) is 31.2 Å². The molecule has 0 unspecified atom stereocenters. The van der Waals surface area contributed by atoms with Crippen LogP contribution in [0.1, 0.15) is 11.1 Å². The van der Waals surface area contributed by atoms with E-state index < -0.39 is 11.4 Å². The van der Waals surface area contributed by atoms with Gasteiger partial charge in [-0.2, -0.15) is 0 Å². The van der Waals surface area contributed by atoms with Crippen molar-refractivity contribution in [3.63, 3.8) is 0 Å². The molecule has 0 amide bonds. The van der Waals surface area contributed by atoms with Crippen molar-refractivity contribution < 1.29 is 14.3 Å². The van der Waals surface area contributed by atoms with E-state index in [4.69, 9.17) is 20.8 Å². The quantitative estimate of drug-likeness (QED) is 0.755. The van der Waals surface area contributed by atoms with Gasteiger partial charge in [0.1, 0.15) is 12.4 Å². The highest BCUT2D eigenvalue weighted by Gasteiger charge is 2.19. The SMILES string of the molecule is Cc1c(-c2ccc(Cl)cc2)oc(O)c(OCc2ccccc2)c1=O. The lowest BCUT2D eigenvalue weighted by Gasteiger charge is -2.10. The van der Waals surface area contributed by atoms with Gasteiger partial charge in [-0.1, -0.05) is 41.9 Å². The summed E-state index contributed by atoms with van der Waals surface area (Å²) < 4.78 is 10.9. The van der Waals surface area contributed by atoms with Crippen molar-refractivity contribution in [3.8, 4) is 23.0 Å². The van der Waals surface area contributed by atoms with Gasteiger partial charge in [-0.15, -0.1) is 0 Å². The highest BCUT2D eigenvalue weighted by Crippen LogP contribution is 2.31. The normalized spacial score (nSPS) is 10.6. The zero-order valence-corrected chi connectivity index (χ0v) is 13.7. The molecule has 24 heavy (non-hydrogen) atoms. The minimum absolute atomic E-state index is 0.166. The van der Waals surface area contributed by atoms with E-state index in [0.29, 0.717) is 21.9 Å². The fourth-order valence-electron chi connectivity index (χ4n) is 2.32. The number of rotatable bonds is 4. The van der Waals surface area contributed by atoms with Crippen LogP contribution in [0.4, 0.5) is 0 Å². The van der Waals surface area contributed by atoms with Crippen LogP contribution in [0.3, 0.4) is 0 Å². The van der Waals surface area contributed by atoms with Gasteiger partial charge in [-0.05, 0) is 36.8 Å². The molecule has 1 N–H and O–H groups in total. The lowest BCUT2D eigenvalue weighted by Crippen LogP contribution is -2.12. The summed E-state index contributed by atoms with van der Waals surface area (Å²) in [6.07, 6.45) is 0. The largest absolute Gasteiger partial charge is 0.479 e. The Kier molecular flexibility index (Phi) is 4.58. The number of hydrogen-bond donors (Lipinski definition) is 1. The van der Waals surface area contributed by atoms with Crippen molar-refractivity contribution in [3.05, 3.63) is 81.0 Å². The number of aromatic hydroxyl groups is 1. The van der Waals surface area contributed by atoms with Crippen LogP contribution in [0.25, 0.3) is 11.3 Å². The fourth-order valence-corrected chi connectivity index (χ4v) is 2.45. The van der Waals surface area contributed by atoms with Crippen molar-refractivity contribution in [2.75, 3.05) is 0 Å². The van der Waals surface area contributed by atoms with E-state index in [1.165, 1.54) is 0 Å². The Morgan fingerprint density at radius 1 is 1.08 bits per heavy atom. The Morgan fingerprint density at radius 3 is 2.42 bits per heavy atom. The van der Waals surface area contributed by atoms with E-state index in [2.05, 4.69) is 0 Å². The van der Waals surface area contributed by atoms with Crippen LogP contribution in [0.15, 0.2) is 63.8 Å². The average Bonchev–Trinajstić information content (AvgIpc) is 2.60. The molecule has 1 heterocycles. The molecular formula is C19H15ClO4. The third kappa shape index (κ3) is 3.29. The van der Waals surface area contributed by atoms with E-state index in [-0.39, 0.29) is 12.4 Å². The highest BCUT2D eigenvalue weighted by molar-refractivity contribution is 6.30. The van der Waals surface area contributed by atoms with Crippen molar-refractivity contribution in [1.82, 2.24) is 0 Å². The topological polar surface area (TPSA) is 59.7 Å². The van der Waals surface area contributed by atoms with Crippen LogP contribution in [0.5, 0.6) is 11.7 Å². The molecule has 0 fully saturated rings. The maximum atomic E-state index is 12.5. The number of halogens is 1. The van der Waals surface area contributed by atoms with Crippen LogP contribution in [-0.2, 0) is 6.61 Å². The highest BCUT2D eigenvalue weighted by atomic mass is 35.5. The van der Waals surface area contributed by atoms with Gasteiger partial charge in [0.2, 0.25) is 11.2 Å². The van der Waals surface area contributed by atoms with Gasteiger partial charge in [0.05, 0.1) is 0 Å². The molecule has 3 aromatic rings. The Labute approximate surface area is 143 Å². The van der Waals surface area contributed by atoms with E-state index in [0.717, 1.165) is 5.56 Å². The maximum Gasteiger partial charge on any atom is 0.330 e. The first-order chi connectivity index (χ1) is 11.6. The maximum absolute atomic E-state index is 12.5. The summed E-state index contributed by atoms with van der Waals surface area (Å²) in [7, 11) is 0. The predicted octanol–water partition coefficient (Wildman–Crippen LogP) is 4.55. The molecule has 0 saturated carbocycles. The number of benzene rings is 2. The lowest BCUT2D eigenvalue weighted by atomic mass is 10.1. The average molecular weight is 343 g/mol. The van der Waals surface area contributed by atoms with Crippen LogP contribution in [0.2, 0.25) is 5.02 Å². The number of ether oxygens (including phenoxy) is 1. The molecule has 4 nitrogen and oxygen atoms in total. The smallest absolute Gasteiger partial charge is 0.330 e. The third-order valence-electron chi connectivity index (χ3n) is 3.61. The molecular weight excluding hydrogens is 328 g/mol. The van der Waals surface area contributed by atoms with E-state index in [9.17, 15) is 9.90 Å². The molecule has 2 aromatic carbocycles. The molecule has 0 saturated heterocycles. The summed E-state index contributed by atoms with van der Waals surface area (Å²) in [6.45, 7) is 1.80. The van der Waals surface area contributed by atoms with Gasteiger partial charge in [0.25, 0.3) is 0 Å². The van der Waals surface area contributed by atoms with Gasteiger partial charge >= 0.3 is 5.95 Å². The van der Waals surface area contributed by atoms with Gasteiger partial charge in [-0.25, -0.2) is 0 Å². The summed E-state index contributed by atoms with van der Waals surface area (Å²) >= 11 is 5.86. The zero-order valence-electron chi connectivity index (χ0n) is 13.0. The van der Waals surface area contributed by atoms with Crippen molar-refractivity contribution in [2.24, 2.45) is 0 Å². The van der Waals surface area contributed by atoms with Gasteiger partial charge in [0, 0.05) is 16.1 Å². The summed E-state index contributed by atoms with van der Waals surface area (Å²) in [5, 5.41) is 10.6. The van der Waals surface area contributed by atoms with Gasteiger partial charge in [0.15, 0.2) is 0 Å². The van der Waals surface area contributed by atoms with Crippen LogP contribution in [-0.4, -0.2) is 5.11 Å².